The first-order chi connectivity index (χ1) is 13.7. The summed E-state index contributed by atoms with van der Waals surface area (Å²) in [4.78, 5) is 20.8. The summed E-state index contributed by atoms with van der Waals surface area (Å²) in [6, 6.07) is 19.6. The lowest BCUT2D eigenvalue weighted by Crippen LogP contribution is -1.92. The quantitative estimate of drug-likeness (QED) is 0.455. The summed E-state index contributed by atoms with van der Waals surface area (Å²) in [5.74, 6) is 0.0366. The Labute approximate surface area is 161 Å². The second kappa shape index (κ2) is 6.39. The maximum absolute atomic E-state index is 11.7. The molecule has 3 aromatic heterocycles. The Bertz CT molecular complexity index is 1350. The molecular weight excluding hydrogens is 348 g/mol. The van der Waals surface area contributed by atoms with E-state index >= 15 is 0 Å². The van der Waals surface area contributed by atoms with Crippen molar-refractivity contribution in [2.24, 2.45) is 0 Å². The average Bonchev–Trinajstić information content (AvgIpc) is 3.16. The maximum atomic E-state index is 11.7. The van der Waals surface area contributed by atoms with Crippen LogP contribution < -0.4 is 0 Å². The van der Waals surface area contributed by atoms with Crippen LogP contribution in [0.3, 0.4) is 0 Å². The smallest absolute Gasteiger partial charge is 0.182 e. The number of aromatic amines is 1. The number of H-pyrrole nitrogens is 1. The second-order valence-corrected chi connectivity index (χ2v) is 6.71. The van der Waals surface area contributed by atoms with Gasteiger partial charge in [-0.1, -0.05) is 42.5 Å². The fourth-order valence-electron chi connectivity index (χ4n) is 3.48. The molecule has 0 unspecified atom stereocenters. The lowest BCUT2D eigenvalue weighted by molar-refractivity contribution is 0.101. The minimum atomic E-state index is 0.0366. The molecule has 0 aliphatic carbocycles. The van der Waals surface area contributed by atoms with E-state index in [4.69, 9.17) is 4.98 Å². The first-order valence-electron chi connectivity index (χ1n) is 9.00. The van der Waals surface area contributed by atoms with Crippen LogP contribution in [0.5, 0.6) is 0 Å². The Kier molecular flexibility index (Phi) is 3.72. The molecule has 0 saturated carbocycles. The molecule has 0 radical (unpaired) electrons. The molecule has 5 aromatic rings. The Morgan fingerprint density at radius 1 is 0.929 bits per heavy atom. The molecule has 0 aliphatic heterocycles. The van der Waals surface area contributed by atoms with Crippen LogP contribution in [0.4, 0.5) is 0 Å². The molecule has 0 spiro atoms. The number of rotatable bonds is 3. The molecule has 0 fully saturated rings. The highest BCUT2D eigenvalue weighted by molar-refractivity contribution is 5.99. The number of fused-ring (bicyclic) bond motifs is 2. The minimum absolute atomic E-state index is 0.0366. The molecule has 5 heteroatoms. The van der Waals surface area contributed by atoms with Gasteiger partial charge < -0.3 is 0 Å². The number of aromatic nitrogens is 4. The van der Waals surface area contributed by atoms with E-state index in [9.17, 15) is 4.79 Å². The van der Waals surface area contributed by atoms with Gasteiger partial charge in [-0.15, -0.1) is 0 Å². The van der Waals surface area contributed by atoms with Crippen molar-refractivity contribution in [2.45, 2.75) is 6.92 Å². The van der Waals surface area contributed by atoms with Gasteiger partial charge in [0, 0.05) is 39.9 Å². The van der Waals surface area contributed by atoms with Gasteiger partial charge >= 0.3 is 0 Å². The summed E-state index contributed by atoms with van der Waals surface area (Å²) >= 11 is 0. The predicted molar refractivity (Wildman–Crippen MR) is 110 cm³/mol. The zero-order valence-electron chi connectivity index (χ0n) is 15.2. The number of carbonyl (C=O) groups excluding carboxylic acids is 1. The van der Waals surface area contributed by atoms with Crippen LogP contribution >= 0.6 is 0 Å². The third-order valence-electron chi connectivity index (χ3n) is 4.92. The SMILES string of the molecule is CC(=O)c1cccc(-c2[nH]nc3nc(-c4cncc5ccccc45)ccc23)c1. The number of Topliss-reactive ketones (excluding diaryl/α,β-unsaturated/α-hetero) is 1. The van der Waals surface area contributed by atoms with Gasteiger partial charge in [-0.2, -0.15) is 5.10 Å². The van der Waals surface area contributed by atoms with E-state index in [-0.39, 0.29) is 5.78 Å². The number of benzene rings is 2. The van der Waals surface area contributed by atoms with Crippen molar-refractivity contribution in [1.82, 2.24) is 20.2 Å². The fourth-order valence-corrected chi connectivity index (χ4v) is 3.48. The third kappa shape index (κ3) is 2.65. The zero-order chi connectivity index (χ0) is 19.1. The Hall–Kier alpha value is -3.86. The molecule has 0 aliphatic rings. The highest BCUT2D eigenvalue weighted by Crippen LogP contribution is 2.30. The van der Waals surface area contributed by atoms with E-state index in [1.165, 1.54) is 0 Å². The van der Waals surface area contributed by atoms with E-state index in [1.807, 2.05) is 67.0 Å². The van der Waals surface area contributed by atoms with Crippen LogP contribution in [-0.2, 0) is 0 Å². The molecular formula is C23H16N4O. The number of carbonyl (C=O) groups is 1. The van der Waals surface area contributed by atoms with Gasteiger partial charge in [0.25, 0.3) is 0 Å². The lowest BCUT2D eigenvalue weighted by atomic mass is 10.0. The van der Waals surface area contributed by atoms with Gasteiger partial charge in [-0.3, -0.25) is 14.9 Å². The average molecular weight is 364 g/mol. The summed E-state index contributed by atoms with van der Waals surface area (Å²) < 4.78 is 0. The Balaban J connectivity index is 1.64. The normalized spacial score (nSPS) is 11.2. The standard InChI is InChI=1S/C23H16N4O/c1-14(28)15-6-4-7-16(11-15)22-19-9-10-21(25-23(19)27-26-22)20-13-24-12-17-5-2-3-8-18(17)20/h2-13H,1H3,(H,25,26,27). The number of ketones is 1. The highest BCUT2D eigenvalue weighted by atomic mass is 16.1. The van der Waals surface area contributed by atoms with Gasteiger partial charge in [0.05, 0.1) is 11.4 Å². The summed E-state index contributed by atoms with van der Waals surface area (Å²) in [6.07, 6.45) is 3.69. The molecule has 5 rings (SSSR count). The first-order valence-corrected chi connectivity index (χ1v) is 9.00. The Morgan fingerprint density at radius 2 is 1.82 bits per heavy atom. The largest absolute Gasteiger partial charge is 0.295 e. The third-order valence-corrected chi connectivity index (χ3v) is 4.92. The van der Waals surface area contributed by atoms with E-state index in [1.54, 1.807) is 6.92 Å². The molecule has 28 heavy (non-hydrogen) atoms. The van der Waals surface area contributed by atoms with Gasteiger partial charge in [-0.05, 0) is 30.5 Å². The van der Waals surface area contributed by atoms with Crippen LogP contribution in [0.2, 0.25) is 0 Å². The molecule has 3 heterocycles. The number of hydrogen-bond donors (Lipinski definition) is 1. The van der Waals surface area contributed by atoms with E-state index < -0.39 is 0 Å². The highest BCUT2D eigenvalue weighted by Gasteiger charge is 2.13. The summed E-state index contributed by atoms with van der Waals surface area (Å²) in [7, 11) is 0. The molecule has 1 N–H and O–H groups in total. The van der Waals surface area contributed by atoms with Crippen molar-refractivity contribution in [1.29, 1.82) is 0 Å². The molecule has 2 aromatic carbocycles. The van der Waals surface area contributed by atoms with E-state index in [0.29, 0.717) is 11.2 Å². The van der Waals surface area contributed by atoms with Crippen molar-refractivity contribution >= 4 is 27.6 Å². The van der Waals surface area contributed by atoms with Crippen molar-refractivity contribution in [2.75, 3.05) is 0 Å². The number of hydrogen-bond acceptors (Lipinski definition) is 4. The van der Waals surface area contributed by atoms with Crippen LogP contribution in [0.1, 0.15) is 17.3 Å². The maximum Gasteiger partial charge on any atom is 0.182 e. The molecule has 0 atom stereocenters. The number of nitrogens with zero attached hydrogens (tertiary/aromatic N) is 3. The summed E-state index contributed by atoms with van der Waals surface area (Å²) in [5.41, 5.74) is 4.88. The molecule has 0 saturated heterocycles. The summed E-state index contributed by atoms with van der Waals surface area (Å²) in [5, 5.41) is 10.6. The molecule has 0 bridgehead atoms. The lowest BCUT2D eigenvalue weighted by Gasteiger charge is -2.06. The number of nitrogens with one attached hydrogen (secondary N) is 1. The summed E-state index contributed by atoms with van der Waals surface area (Å²) in [6.45, 7) is 1.57. The monoisotopic (exact) mass is 364 g/mol. The van der Waals surface area contributed by atoms with Gasteiger partial charge in [0.2, 0.25) is 0 Å². The van der Waals surface area contributed by atoms with Crippen molar-refractivity contribution in [3.05, 3.63) is 78.6 Å². The fraction of sp³-hybridized carbons (Fsp3) is 0.0435. The van der Waals surface area contributed by atoms with Gasteiger partial charge in [0.1, 0.15) is 0 Å². The van der Waals surface area contributed by atoms with Crippen molar-refractivity contribution in [3.63, 3.8) is 0 Å². The van der Waals surface area contributed by atoms with Crippen LogP contribution in [0.25, 0.3) is 44.3 Å². The van der Waals surface area contributed by atoms with Crippen LogP contribution in [-0.4, -0.2) is 25.9 Å². The van der Waals surface area contributed by atoms with Crippen molar-refractivity contribution in [3.8, 4) is 22.5 Å². The van der Waals surface area contributed by atoms with Crippen molar-refractivity contribution < 1.29 is 4.79 Å². The van der Waals surface area contributed by atoms with Gasteiger partial charge in [-0.25, -0.2) is 4.98 Å². The Morgan fingerprint density at radius 3 is 2.71 bits per heavy atom. The molecule has 5 nitrogen and oxygen atoms in total. The molecule has 0 amide bonds. The first kappa shape index (κ1) is 16.3. The van der Waals surface area contributed by atoms with Crippen LogP contribution in [0, 0.1) is 0 Å². The molecule has 134 valence electrons. The predicted octanol–water partition coefficient (Wildman–Crippen LogP) is 5.04. The van der Waals surface area contributed by atoms with E-state index in [2.05, 4.69) is 21.2 Å². The van der Waals surface area contributed by atoms with Gasteiger partial charge in [0.15, 0.2) is 11.4 Å². The number of pyridine rings is 2. The second-order valence-electron chi connectivity index (χ2n) is 6.71. The minimum Gasteiger partial charge on any atom is -0.295 e. The van der Waals surface area contributed by atoms with Crippen LogP contribution in [0.15, 0.2) is 73.1 Å². The van der Waals surface area contributed by atoms with E-state index in [0.717, 1.165) is 38.7 Å². The zero-order valence-corrected chi connectivity index (χ0v) is 15.2. The topological polar surface area (TPSA) is 71.5 Å².